The van der Waals surface area contributed by atoms with Gasteiger partial charge in [-0.05, 0) is 103 Å². The SMILES string of the molecule is CCc1ccnc(C(C)C23CC(=CN)C(=Nc4ccc(F)cc4)C=C2CCN(Sc2cc(F)c(F)c(F)c2)C3)c1. The number of fused-ring (bicyclic) bond motifs is 1. The van der Waals surface area contributed by atoms with Crippen LogP contribution in [-0.2, 0) is 6.42 Å². The quantitative estimate of drug-likeness (QED) is 0.189. The predicted octanol–water partition coefficient (Wildman–Crippen LogP) is 7.65. The molecule has 40 heavy (non-hydrogen) atoms. The molecule has 2 N–H and O–H groups in total. The highest BCUT2D eigenvalue weighted by Gasteiger charge is 2.48. The van der Waals surface area contributed by atoms with E-state index in [2.05, 4.69) is 30.3 Å². The third-order valence-electron chi connectivity index (χ3n) is 7.87. The molecule has 1 aliphatic carbocycles. The third kappa shape index (κ3) is 5.58. The van der Waals surface area contributed by atoms with Crippen molar-refractivity contribution in [3.8, 4) is 0 Å². The van der Waals surface area contributed by atoms with Crippen LogP contribution in [0.2, 0.25) is 0 Å². The Bertz CT molecular complexity index is 1480. The number of aliphatic imine (C=N–C) groups is 1. The van der Waals surface area contributed by atoms with Crippen molar-refractivity contribution in [2.75, 3.05) is 13.1 Å². The maximum absolute atomic E-state index is 14.0. The number of nitrogens with zero attached hydrogens (tertiary/aromatic N) is 3. The van der Waals surface area contributed by atoms with Gasteiger partial charge in [-0.2, -0.15) is 0 Å². The third-order valence-corrected chi connectivity index (χ3v) is 8.89. The number of halogens is 4. The summed E-state index contributed by atoms with van der Waals surface area (Å²) in [4.78, 5) is 9.80. The van der Waals surface area contributed by atoms with E-state index in [-0.39, 0.29) is 11.7 Å². The Morgan fingerprint density at radius 2 is 1.82 bits per heavy atom. The Hall–Kier alpha value is -3.43. The monoisotopic (exact) mass is 566 g/mol. The van der Waals surface area contributed by atoms with Gasteiger partial charge in [0.25, 0.3) is 0 Å². The molecule has 208 valence electrons. The number of piperidine rings is 1. The summed E-state index contributed by atoms with van der Waals surface area (Å²) >= 11 is 1.21. The zero-order valence-electron chi connectivity index (χ0n) is 22.3. The van der Waals surface area contributed by atoms with Crippen LogP contribution in [0.15, 0.2) is 88.0 Å². The molecule has 5 rings (SSSR count). The lowest BCUT2D eigenvalue weighted by molar-refractivity contribution is 0.186. The summed E-state index contributed by atoms with van der Waals surface area (Å²) in [6.45, 7) is 5.41. The van der Waals surface area contributed by atoms with E-state index in [1.54, 1.807) is 18.3 Å². The Morgan fingerprint density at radius 1 is 1.10 bits per heavy atom. The highest BCUT2D eigenvalue weighted by Crippen LogP contribution is 2.54. The second kappa shape index (κ2) is 11.6. The summed E-state index contributed by atoms with van der Waals surface area (Å²) < 4.78 is 57.1. The molecular formula is C31H30F4N4S. The molecule has 2 unspecified atom stereocenters. The van der Waals surface area contributed by atoms with Crippen molar-refractivity contribution in [1.82, 2.24) is 9.29 Å². The molecule has 0 saturated carbocycles. The Morgan fingerprint density at radius 3 is 2.50 bits per heavy atom. The van der Waals surface area contributed by atoms with Gasteiger partial charge in [0.1, 0.15) is 5.82 Å². The van der Waals surface area contributed by atoms with Crippen molar-refractivity contribution in [2.45, 2.75) is 43.9 Å². The number of nitrogens with two attached hydrogens (primary N) is 1. The molecule has 4 nitrogen and oxygen atoms in total. The highest BCUT2D eigenvalue weighted by molar-refractivity contribution is 7.97. The molecule has 2 aliphatic rings. The number of hydrogen-bond acceptors (Lipinski definition) is 5. The van der Waals surface area contributed by atoms with Gasteiger partial charge in [-0.15, -0.1) is 0 Å². The normalized spacial score (nSPS) is 22.3. The van der Waals surface area contributed by atoms with Crippen molar-refractivity contribution in [2.24, 2.45) is 16.1 Å². The Balaban J connectivity index is 1.56. The fraction of sp³-hybridized carbons (Fsp3) is 0.290. The van der Waals surface area contributed by atoms with Crippen LogP contribution in [0.4, 0.5) is 23.2 Å². The molecule has 1 aliphatic heterocycles. The molecular weight excluding hydrogens is 536 g/mol. The molecule has 2 aromatic carbocycles. The largest absolute Gasteiger partial charge is 0.404 e. The van der Waals surface area contributed by atoms with E-state index in [1.165, 1.54) is 35.2 Å². The molecule has 9 heteroatoms. The van der Waals surface area contributed by atoms with E-state index in [0.717, 1.165) is 35.5 Å². The van der Waals surface area contributed by atoms with E-state index in [0.29, 0.717) is 36.5 Å². The summed E-state index contributed by atoms with van der Waals surface area (Å²) in [5.74, 6) is -4.26. The number of rotatable bonds is 6. The first kappa shape index (κ1) is 28.1. The summed E-state index contributed by atoms with van der Waals surface area (Å²) in [6.07, 6.45) is 7.59. The topological polar surface area (TPSA) is 54.5 Å². The first-order valence-corrected chi connectivity index (χ1v) is 14.0. The van der Waals surface area contributed by atoms with Gasteiger partial charge in [-0.1, -0.05) is 19.4 Å². The molecule has 1 aromatic heterocycles. The number of benzene rings is 2. The smallest absolute Gasteiger partial charge is 0.194 e. The molecule has 2 heterocycles. The number of aryl methyl sites for hydroxylation is 1. The first-order valence-electron chi connectivity index (χ1n) is 13.2. The zero-order valence-corrected chi connectivity index (χ0v) is 23.1. The standard InChI is InChI=1S/C31H30F4N4S/c1-3-20-8-10-37-28(12-20)19(2)31-16-21(17-36)29(38-24-6-4-23(32)5-7-24)13-22(31)9-11-39(18-31)40-25-14-26(33)30(35)27(34)15-25/h4-8,10,12-15,17,19H,3,9,11,16,18,36H2,1-2H3. The van der Waals surface area contributed by atoms with E-state index in [1.807, 2.05) is 12.3 Å². The van der Waals surface area contributed by atoms with Crippen molar-refractivity contribution in [3.05, 3.63) is 113 Å². The second-order valence-corrected chi connectivity index (χ2v) is 11.4. The lowest BCUT2D eigenvalue weighted by Crippen LogP contribution is -2.47. The van der Waals surface area contributed by atoms with Crippen LogP contribution in [0.25, 0.3) is 0 Å². The molecule has 3 aromatic rings. The second-order valence-electron chi connectivity index (χ2n) is 10.2. The summed E-state index contributed by atoms with van der Waals surface area (Å²) in [5.41, 5.74) is 11.2. The van der Waals surface area contributed by atoms with Gasteiger partial charge >= 0.3 is 0 Å². The summed E-state index contributed by atoms with van der Waals surface area (Å²) in [5, 5.41) is 0. The van der Waals surface area contributed by atoms with Crippen LogP contribution >= 0.6 is 11.9 Å². The molecule has 0 spiro atoms. The van der Waals surface area contributed by atoms with Gasteiger partial charge in [0.2, 0.25) is 0 Å². The van der Waals surface area contributed by atoms with Crippen LogP contribution in [0.1, 0.15) is 43.9 Å². The van der Waals surface area contributed by atoms with Crippen LogP contribution in [0, 0.1) is 28.7 Å². The molecule has 1 fully saturated rings. The summed E-state index contributed by atoms with van der Waals surface area (Å²) in [6, 6.07) is 12.2. The van der Waals surface area contributed by atoms with Crippen molar-refractivity contribution in [3.63, 3.8) is 0 Å². The van der Waals surface area contributed by atoms with E-state index in [9.17, 15) is 17.6 Å². The number of hydrogen-bond donors (Lipinski definition) is 1. The molecule has 0 amide bonds. The lowest BCUT2D eigenvalue weighted by Gasteiger charge is -2.50. The number of aromatic nitrogens is 1. The fourth-order valence-electron chi connectivity index (χ4n) is 5.58. The minimum Gasteiger partial charge on any atom is -0.404 e. The van der Waals surface area contributed by atoms with Gasteiger partial charge in [-0.25, -0.2) is 26.9 Å². The fourth-order valence-corrected chi connectivity index (χ4v) is 6.67. The lowest BCUT2D eigenvalue weighted by atomic mass is 9.60. The average Bonchev–Trinajstić information content (AvgIpc) is 2.96. The van der Waals surface area contributed by atoms with Crippen molar-refractivity contribution in [1.29, 1.82) is 0 Å². The number of pyridine rings is 1. The van der Waals surface area contributed by atoms with Gasteiger partial charge in [-0.3, -0.25) is 4.98 Å². The minimum atomic E-state index is -1.47. The van der Waals surface area contributed by atoms with E-state index < -0.39 is 22.9 Å². The highest BCUT2D eigenvalue weighted by atomic mass is 32.2. The van der Waals surface area contributed by atoms with Gasteiger partial charge in [0, 0.05) is 41.2 Å². The minimum absolute atomic E-state index is 0.0299. The van der Waals surface area contributed by atoms with E-state index in [4.69, 9.17) is 15.7 Å². The van der Waals surface area contributed by atoms with Gasteiger partial charge in [0.05, 0.1) is 11.4 Å². The van der Waals surface area contributed by atoms with Crippen LogP contribution in [-0.4, -0.2) is 28.1 Å². The zero-order chi connectivity index (χ0) is 28.4. The first-order chi connectivity index (χ1) is 19.2. The molecule has 1 saturated heterocycles. The Labute approximate surface area is 235 Å². The van der Waals surface area contributed by atoms with Crippen LogP contribution in [0.5, 0.6) is 0 Å². The van der Waals surface area contributed by atoms with Crippen molar-refractivity contribution < 1.29 is 17.6 Å². The van der Waals surface area contributed by atoms with Gasteiger partial charge < -0.3 is 5.73 Å². The molecule has 2 atom stereocenters. The molecule has 0 radical (unpaired) electrons. The average molecular weight is 567 g/mol. The van der Waals surface area contributed by atoms with Crippen molar-refractivity contribution >= 4 is 23.3 Å². The summed E-state index contributed by atoms with van der Waals surface area (Å²) in [7, 11) is 0. The van der Waals surface area contributed by atoms with Crippen LogP contribution in [0.3, 0.4) is 0 Å². The maximum Gasteiger partial charge on any atom is 0.194 e. The number of allylic oxidation sites excluding steroid dienone is 2. The predicted molar refractivity (Wildman–Crippen MR) is 151 cm³/mol. The van der Waals surface area contributed by atoms with E-state index >= 15 is 0 Å². The maximum atomic E-state index is 14.0. The van der Waals surface area contributed by atoms with Gasteiger partial charge in [0.15, 0.2) is 17.5 Å². The Kier molecular flexibility index (Phi) is 8.14. The molecule has 0 bridgehead atoms. The van der Waals surface area contributed by atoms with Crippen LogP contribution < -0.4 is 5.73 Å².